The van der Waals surface area contributed by atoms with Crippen molar-refractivity contribution in [2.45, 2.75) is 19.0 Å². The highest BCUT2D eigenvalue weighted by Crippen LogP contribution is 2.29. The van der Waals surface area contributed by atoms with Gasteiger partial charge in [0.15, 0.2) is 0 Å². The third-order valence-electron chi connectivity index (χ3n) is 3.85. The molecule has 1 fully saturated rings. The van der Waals surface area contributed by atoms with Crippen LogP contribution in [-0.2, 0) is 6.18 Å². The van der Waals surface area contributed by atoms with E-state index in [0.29, 0.717) is 17.7 Å². The number of anilines is 1. The summed E-state index contributed by atoms with van der Waals surface area (Å²) >= 11 is 0. The number of halogens is 3. The second-order valence-corrected chi connectivity index (χ2v) is 5.61. The van der Waals surface area contributed by atoms with E-state index in [-0.39, 0.29) is 11.3 Å². The lowest BCUT2D eigenvalue weighted by Gasteiger charge is -2.14. The molecule has 3 heterocycles. The minimum Gasteiger partial charge on any atom is -0.341 e. The second-order valence-electron chi connectivity index (χ2n) is 5.61. The molecule has 0 bridgehead atoms. The van der Waals surface area contributed by atoms with Crippen molar-refractivity contribution in [3.63, 3.8) is 0 Å². The van der Waals surface area contributed by atoms with Crippen LogP contribution in [0.5, 0.6) is 0 Å². The molecule has 1 saturated heterocycles. The van der Waals surface area contributed by atoms with E-state index in [0.717, 1.165) is 32.0 Å². The van der Waals surface area contributed by atoms with Gasteiger partial charge in [-0.15, -0.1) is 0 Å². The molecular weight excluding hydrogens is 331 g/mol. The Bertz CT molecular complexity index is 798. The monoisotopic (exact) mass is 345 g/mol. The Morgan fingerprint density at radius 2 is 1.76 bits per heavy atom. The van der Waals surface area contributed by atoms with E-state index in [9.17, 15) is 18.4 Å². The largest absolute Gasteiger partial charge is 0.417 e. The molecule has 0 atom stereocenters. The molecular formula is C17H14F3N5. The average Bonchev–Trinajstić information content (AvgIpc) is 3.14. The standard InChI is InChI=1S/C17H14F3N5/c18-17(19,20)14-3-4-15(22-11-14)13(8-21)7-12-9-23-16(24-10-12)25-5-1-2-6-25/h3-4,7,9-11H,1-2,5-6H2/b13-7+. The van der Waals surface area contributed by atoms with Gasteiger partial charge in [-0.25, -0.2) is 9.97 Å². The van der Waals surface area contributed by atoms with Gasteiger partial charge in [0.2, 0.25) is 5.95 Å². The van der Waals surface area contributed by atoms with Crippen LogP contribution in [0.4, 0.5) is 19.1 Å². The maximum atomic E-state index is 12.6. The van der Waals surface area contributed by atoms with Gasteiger partial charge in [-0.1, -0.05) is 0 Å². The predicted octanol–water partition coefficient (Wildman–Crippen LogP) is 3.55. The molecule has 128 valence electrons. The molecule has 2 aromatic heterocycles. The van der Waals surface area contributed by atoms with Crippen LogP contribution >= 0.6 is 0 Å². The predicted molar refractivity (Wildman–Crippen MR) is 86.2 cm³/mol. The van der Waals surface area contributed by atoms with Gasteiger partial charge in [0, 0.05) is 37.2 Å². The summed E-state index contributed by atoms with van der Waals surface area (Å²) < 4.78 is 37.7. The summed E-state index contributed by atoms with van der Waals surface area (Å²) in [6.45, 7) is 1.85. The van der Waals surface area contributed by atoms with Crippen LogP contribution in [0.15, 0.2) is 30.7 Å². The summed E-state index contributed by atoms with van der Waals surface area (Å²) in [7, 11) is 0. The Morgan fingerprint density at radius 1 is 1.08 bits per heavy atom. The lowest BCUT2D eigenvalue weighted by Crippen LogP contribution is -2.20. The highest BCUT2D eigenvalue weighted by molar-refractivity contribution is 5.88. The zero-order valence-corrected chi connectivity index (χ0v) is 13.2. The number of nitriles is 1. The highest BCUT2D eigenvalue weighted by atomic mass is 19.4. The number of alkyl halides is 3. The van der Waals surface area contributed by atoms with Crippen molar-refractivity contribution in [2.75, 3.05) is 18.0 Å². The fourth-order valence-electron chi connectivity index (χ4n) is 2.54. The summed E-state index contributed by atoms with van der Waals surface area (Å²) in [5, 5.41) is 9.27. The van der Waals surface area contributed by atoms with E-state index in [2.05, 4.69) is 19.9 Å². The smallest absolute Gasteiger partial charge is 0.341 e. The summed E-state index contributed by atoms with van der Waals surface area (Å²) in [6.07, 6.45) is 3.16. The first kappa shape index (κ1) is 16.9. The van der Waals surface area contributed by atoms with Crippen LogP contribution in [0.3, 0.4) is 0 Å². The van der Waals surface area contributed by atoms with E-state index >= 15 is 0 Å². The number of aromatic nitrogens is 3. The quantitative estimate of drug-likeness (QED) is 0.796. The van der Waals surface area contributed by atoms with E-state index in [1.165, 1.54) is 12.1 Å². The van der Waals surface area contributed by atoms with Crippen LogP contribution in [0.2, 0.25) is 0 Å². The van der Waals surface area contributed by atoms with Gasteiger partial charge in [0.1, 0.15) is 6.07 Å². The Morgan fingerprint density at radius 3 is 2.28 bits per heavy atom. The van der Waals surface area contributed by atoms with Gasteiger partial charge in [-0.05, 0) is 31.1 Å². The van der Waals surface area contributed by atoms with Crippen LogP contribution in [0, 0.1) is 11.3 Å². The lowest BCUT2D eigenvalue weighted by atomic mass is 10.1. The second kappa shape index (κ2) is 6.89. The fourth-order valence-corrected chi connectivity index (χ4v) is 2.54. The van der Waals surface area contributed by atoms with E-state index in [4.69, 9.17) is 0 Å². The minimum absolute atomic E-state index is 0.145. The number of nitrogens with zero attached hydrogens (tertiary/aromatic N) is 5. The molecule has 0 amide bonds. The molecule has 0 radical (unpaired) electrons. The average molecular weight is 345 g/mol. The maximum absolute atomic E-state index is 12.6. The number of pyridine rings is 1. The number of rotatable bonds is 3. The third-order valence-corrected chi connectivity index (χ3v) is 3.85. The molecule has 1 aliphatic heterocycles. The summed E-state index contributed by atoms with van der Waals surface area (Å²) in [5.74, 6) is 0.640. The van der Waals surface area contributed by atoms with Gasteiger partial charge in [0.25, 0.3) is 0 Å². The number of hydrogen-bond acceptors (Lipinski definition) is 5. The number of allylic oxidation sites excluding steroid dienone is 1. The summed E-state index contributed by atoms with van der Waals surface area (Å²) in [5.41, 5.74) is 0.0402. The third kappa shape index (κ3) is 3.94. The van der Waals surface area contributed by atoms with Gasteiger partial charge < -0.3 is 4.90 Å². The molecule has 5 nitrogen and oxygen atoms in total. The molecule has 8 heteroatoms. The van der Waals surface area contributed by atoms with E-state index < -0.39 is 11.7 Å². The van der Waals surface area contributed by atoms with Crippen LogP contribution in [-0.4, -0.2) is 28.0 Å². The fraction of sp³-hybridized carbons (Fsp3) is 0.294. The van der Waals surface area contributed by atoms with E-state index in [1.807, 2.05) is 6.07 Å². The molecule has 0 N–H and O–H groups in total. The van der Waals surface area contributed by atoms with Gasteiger partial charge in [-0.3, -0.25) is 4.98 Å². The van der Waals surface area contributed by atoms with Crippen molar-refractivity contribution in [3.8, 4) is 6.07 Å². The Kier molecular flexibility index (Phi) is 4.65. The van der Waals surface area contributed by atoms with Crippen LogP contribution < -0.4 is 4.90 Å². The van der Waals surface area contributed by atoms with Crippen molar-refractivity contribution >= 4 is 17.6 Å². The van der Waals surface area contributed by atoms with Crippen molar-refractivity contribution in [1.82, 2.24) is 15.0 Å². The topological polar surface area (TPSA) is 65.7 Å². The molecule has 25 heavy (non-hydrogen) atoms. The van der Waals surface area contributed by atoms with Gasteiger partial charge in [0.05, 0.1) is 16.8 Å². The summed E-state index contributed by atoms with van der Waals surface area (Å²) in [6, 6.07) is 4.03. The molecule has 0 aromatic carbocycles. The van der Waals surface area contributed by atoms with Crippen LogP contribution in [0.1, 0.15) is 29.7 Å². The molecule has 2 aromatic rings. The molecule has 3 rings (SSSR count). The molecule has 0 aliphatic carbocycles. The molecule has 0 unspecified atom stereocenters. The van der Waals surface area contributed by atoms with Crippen molar-refractivity contribution in [3.05, 3.63) is 47.5 Å². The Balaban J connectivity index is 1.81. The number of hydrogen-bond donors (Lipinski definition) is 0. The zero-order chi connectivity index (χ0) is 17.9. The van der Waals surface area contributed by atoms with Gasteiger partial charge in [-0.2, -0.15) is 18.4 Å². The molecule has 0 saturated carbocycles. The van der Waals surface area contributed by atoms with Crippen molar-refractivity contribution < 1.29 is 13.2 Å². The van der Waals surface area contributed by atoms with Gasteiger partial charge >= 0.3 is 6.18 Å². The first-order valence-electron chi connectivity index (χ1n) is 7.70. The molecule has 1 aliphatic rings. The first-order valence-corrected chi connectivity index (χ1v) is 7.70. The minimum atomic E-state index is -4.46. The maximum Gasteiger partial charge on any atom is 0.417 e. The SMILES string of the molecule is N#C/C(=C\c1cnc(N2CCCC2)nc1)c1ccc(C(F)(F)F)cn1. The lowest BCUT2D eigenvalue weighted by molar-refractivity contribution is -0.137. The van der Waals surface area contributed by atoms with Crippen molar-refractivity contribution in [2.24, 2.45) is 0 Å². The Labute approximate surface area is 142 Å². The van der Waals surface area contributed by atoms with Crippen molar-refractivity contribution in [1.29, 1.82) is 5.26 Å². The molecule has 0 spiro atoms. The summed E-state index contributed by atoms with van der Waals surface area (Å²) in [4.78, 5) is 14.4. The Hall–Kier alpha value is -2.95. The normalized spacial score (nSPS) is 15.3. The van der Waals surface area contributed by atoms with E-state index in [1.54, 1.807) is 12.4 Å². The highest BCUT2D eigenvalue weighted by Gasteiger charge is 2.30. The zero-order valence-electron chi connectivity index (χ0n) is 13.2. The van der Waals surface area contributed by atoms with Crippen LogP contribution in [0.25, 0.3) is 11.6 Å². The first-order chi connectivity index (χ1) is 12.0.